The van der Waals surface area contributed by atoms with Crippen molar-refractivity contribution in [3.8, 4) is 0 Å². The van der Waals surface area contributed by atoms with Gasteiger partial charge < -0.3 is 10.4 Å². The van der Waals surface area contributed by atoms with Crippen molar-refractivity contribution in [2.45, 2.75) is 6.10 Å². The first-order chi connectivity index (χ1) is 4.72. The third-order valence-corrected chi connectivity index (χ3v) is 0.924. The van der Waals surface area contributed by atoms with Crippen LogP contribution in [-0.2, 0) is 9.59 Å². The molecule has 0 spiro atoms. The minimum absolute atomic E-state index is 0.0612. The number of hydrogen-bond donors (Lipinski definition) is 2. The average Bonchev–Trinajstić information content (AvgIpc) is 1.98. The van der Waals surface area contributed by atoms with Crippen LogP contribution in [0.5, 0.6) is 0 Å². The van der Waals surface area contributed by atoms with Crippen LogP contribution in [0, 0.1) is 0 Å². The van der Waals surface area contributed by atoms with Gasteiger partial charge in [0.15, 0.2) is 5.78 Å². The number of hydrogen-bond acceptors (Lipinski definition) is 3. The summed E-state index contributed by atoms with van der Waals surface area (Å²) in [5.74, 6) is -0.491. The fourth-order valence-corrected chi connectivity index (χ4v) is 0.396. The van der Waals surface area contributed by atoms with E-state index in [1.54, 1.807) is 0 Å². The summed E-state index contributed by atoms with van der Waals surface area (Å²) in [6, 6.07) is 0. The second-order valence-electron chi connectivity index (χ2n) is 1.65. The molecule has 0 aromatic carbocycles. The summed E-state index contributed by atoms with van der Waals surface area (Å²) in [7, 11) is 0. The minimum Gasteiger partial charge on any atom is -0.383 e. The molecule has 0 aromatic rings. The molecule has 0 fully saturated rings. The molecule has 0 radical (unpaired) electrons. The Kier molecular flexibility index (Phi) is 4.15. The highest BCUT2D eigenvalue weighted by Gasteiger charge is 2.08. The van der Waals surface area contributed by atoms with Crippen LogP contribution >= 0.6 is 0 Å². The molecule has 0 aromatic heterocycles. The summed E-state index contributed by atoms with van der Waals surface area (Å²) < 4.78 is 0. The molecule has 0 aliphatic carbocycles. The van der Waals surface area contributed by atoms with Gasteiger partial charge >= 0.3 is 0 Å². The molecular weight excluding hydrogens is 134 g/mol. The highest BCUT2D eigenvalue weighted by Crippen LogP contribution is 1.83. The number of carbonyl (C=O) groups excluding carboxylic acids is 2. The molecule has 1 unspecified atom stereocenters. The minimum atomic E-state index is -1.16. The maximum absolute atomic E-state index is 10.5. The van der Waals surface area contributed by atoms with Crippen LogP contribution in [0.25, 0.3) is 0 Å². The Hall–Kier alpha value is -1.16. The molecule has 0 saturated carbocycles. The standard InChI is InChI=1S/C6H9NO3/c1-2-5(9)6(10)3-7-4-8/h2,4,6,10H,1,3H2,(H,7,8). The van der Waals surface area contributed by atoms with Gasteiger partial charge in [-0.25, -0.2) is 0 Å². The molecule has 1 atom stereocenters. The largest absolute Gasteiger partial charge is 0.383 e. The number of ketones is 1. The number of aliphatic hydroxyl groups is 1. The lowest BCUT2D eigenvalue weighted by atomic mass is 10.2. The van der Waals surface area contributed by atoms with E-state index in [0.717, 1.165) is 6.08 Å². The van der Waals surface area contributed by atoms with Crippen molar-refractivity contribution in [2.24, 2.45) is 0 Å². The Morgan fingerprint density at radius 1 is 1.80 bits per heavy atom. The highest BCUT2D eigenvalue weighted by molar-refractivity contribution is 5.93. The lowest BCUT2D eigenvalue weighted by Crippen LogP contribution is -2.31. The summed E-state index contributed by atoms with van der Waals surface area (Å²) in [4.78, 5) is 20.2. The molecule has 4 nitrogen and oxygen atoms in total. The van der Waals surface area contributed by atoms with E-state index in [4.69, 9.17) is 5.11 Å². The molecule has 0 aliphatic heterocycles. The van der Waals surface area contributed by atoms with Crippen molar-refractivity contribution >= 4 is 12.2 Å². The van der Waals surface area contributed by atoms with Crippen LogP contribution in [0.3, 0.4) is 0 Å². The molecule has 0 aliphatic rings. The Bertz CT molecular complexity index is 144. The Morgan fingerprint density at radius 3 is 2.80 bits per heavy atom. The Morgan fingerprint density at radius 2 is 2.40 bits per heavy atom. The van der Waals surface area contributed by atoms with Gasteiger partial charge in [0.05, 0.1) is 6.54 Å². The van der Waals surface area contributed by atoms with Crippen molar-refractivity contribution in [2.75, 3.05) is 6.54 Å². The lowest BCUT2D eigenvalue weighted by molar-refractivity contribution is -0.122. The van der Waals surface area contributed by atoms with Crippen LogP contribution < -0.4 is 5.32 Å². The zero-order valence-electron chi connectivity index (χ0n) is 5.41. The first-order valence-corrected chi connectivity index (χ1v) is 2.73. The molecule has 10 heavy (non-hydrogen) atoms. The third-order valence-electron chi connectivity index (χ3n) is 0.924. The maximum atomic E-state index is 10.5. The van der Waals surface area contributed by atoms with Gasteiger partial charge in [-0.2, -0.15) is 0 Å². The highest BCUT2D eigenvalue weighted by atomic mass is 16.3. The molecule has 0 bridgehead atoms. The second-order valence-corrected chi connectivity index (χ2v) is 1.65. The third kappa shape index (κ3) is 2.99. The van der Waals surface area contributed by atoms with Gasteiger partial charge in [0.25, 0.3) is 0 Å². The van der Waals surface area contributed by atoms with Crippen molar-refractivity contribution in [1.29, 1.82) is 0 Å². The molecule has 2 N–H and O–H groups in total. The number of nitrogens with one attached hydrogen (secondary N) is 1. The van der Waals surface area contributed by atoms with Gasteiger partial charge in [-0.15, -0.1) is 0 Å². The van der Waals surface area contributed by atoms with E-state index in [0.29, 0.717) is 6.41 Å². The number of rotatable bonds is 5. The SMILES string of the molecule is C=CC(=O)C(O)CNC=O. The fourth-order valence-electron chi connectivity index (χ4n) is 0.396. The monoisotopic (exact) mass is 143 g/mol. The first-order valence-electron chi connectivity index (χ1n) is 2.73. The van der Waals surface area contributed by atoms with Gasteiger partial charge in [-0.1, -0.05) is 6.58 Å². The quantitative estimate of drug-likeness (QED) is 0.377. The van der Waals surface area contributed by atoms with E-state index >= 15 is 0 Å². The van der Waals surface area contributed by atoms with E-state index in [2.05, 4.69) is 11.9 Å². The summed E-state index contributed by atoms with van der Waals surface area (Å²) in [6.07, 6.45) is 0.263. The zero-order chi connectivity index (χ0) is 7.98. The summed E-state index contributed by atoms with van der Waals surface area (Å²) in [5.41, 5.74) is 0. The zero-order valence-corrected chi connectivity index (χ0v) is 5.41. The number of amides is 1. The Labute approximate surface area is 58.5 Å². The predicted octanol–water partition coefficient (Wildman–Crippen LogP) is -1.15. The molecule has 4 heteroatoms. The maximum Gasteiger partial charge on any atom is 0.207 e. The van der Waals surface area contributed by atoms with Crippen molar-refractivity contribution in [3.05, 3.63) is 12.7 Å². The number of carbonyl (C=O) groups is 2. The van der Waals surface area contributed by atoms with Gasteiger partial charge in [-0.05, 0) is 6.08 Å². The van der Waals surface area contributed by atoms with Gasteiger partial charge in [0.1, 0.15) is 6.10 Å². The van der Waals surface area contributed by atoms with Gasteiger partial charge in [0.2, 0.25) is 6.41 Å². The smallest absolute Gasteiger partial charge is 0.207 e. The van der Waals surface area contributed by atoms with E-state index in [1.165, 1.54) is 0 Å². The van der Waals surface area contributed by atoms with Crippen molar-refractivity contribution < 1.29 is 14.7 Å². The van der Waals surface area contributed by atoms with E-state index < -0.39 is 11.9 Å². The lowest BCUT2D eigenvalue weighted by Gasteiger charge is -2.03. The number of aliphatic hydroxyl groups excluding tert-OH is 1. The molecule has 0 saturated heterocycles. The molecule has 0 rings (SSSR count). The summed E-state index contributed by atoms with van der Waals surface area (Å²) in [6.45, 7) is 3.10. The van der Waals surface area contributed by atoms with Gasteiger partial charge in [-0.3, -0.25) is 9.59 Å². The van der Waals surface area contributed by atoms with Gasteiger partial charge in [0, 0.05) is 0 Å². The van der Waals surface area contributed by atoms with E-state index in [-0.39, 0.29) is 6.54 Å². The van der Waals surface area contributed by atoms with Crippen molar-refractivity contribution in [3.63, 3.8) is 0 Å². The normalized spacial score (nSPS) is 11.7. The molecule has 0 heterocycles. The summed E-state index contributed by atoms with van der Waals surface area (Å²) in [5, 5.41) is 11.0. The predicted molar refractivity (Wildman–Crippen MR) is 35.3 cm³/mol. The van der Waals surface area contributed by atoms with Crippen LogP contribution in [0.15, 0.2) is 12.7 Å². The van der Waals surface area contributed by atoms with E-state index in [1.807, 2.05) is 0 Å². The van der Waals surface area contributed by atoms with Crippen LogP contribution in [0.1, 0.15) is 0 Å². The first kappa shape index (κ1) is 8.84. The topological polar surface area (TPSA) is 66.4 Å². The molecule has 1 amide bonds. The van der Waals surface area contributed by atoms with Crippen LogP contribution in [-0.4, -0.2) is 29.9 Å². The molecule has 56 valence electrons. The average molecular weight is 143 g/mol. The van der Waals surface area contributed by atoms with Crippen LogP contribution in [0.4, 0.5) is 0 Å². The van der Waals surface area contributed by atoms with E-state index in [9.17, 15) is 9.59 Å². The van der Waals surface area contributed by atoms with Crippen molar-refractivity contribution in [1.82, 2.24) is 5.32 Å². The van der Waals surface area contributed by atoms with Crippen LogP contribution in [0.2, 0.25) is 0 Å². The second kappa shape index (κ2) is 4.69. The molecular formula is C6H9NO3. The summed E-state index contributed by atoms with van der Waals surface area (Å²) >= 11 is 0. The Balaban J connectivity index is 3.60. The fraction of sp³-hybridized carbons (Fsp3) is 0.333.